The molecule has 20 heavy (non-hydrogen) atoms. The highest BCUT2D eigenvalue weighted by atomic mass is 28.4. The lowest BCUT2D eigenvalue weighted by atomic mass is 10.2. The molecule has 1 aromatic carbocycles. The van der Waals surface area contributed by atoms with Crippen LogP contribution < -0.4 is 5.19 Å². The molecule has 0 unspecified atom stereocenters. The minimum absolute atomic E-state index is 0.285. The van der Waals surface area contributed by atoms with E-state index in [2.05, 4.69) is 89.1 Å². The molecule has 0 saturated heterocycles. The van der Waals surface area contributed by atoms with E-state index in [1.54, 1.807) is 0 Å². The van der Waals surface area contributed by atoms with Gasteiger partial charge >= 0.3 is 0 Å². The van der Waals surface area contributed by atoms with Crippen LogP contribution >= 0.6 is 0 Å². The molecule has 0 aliphatic carbocycles. The first-order valence-electron chi connectivity index (χ1n) is 7.43. The van der Waals surface area contributed by atoms with E-state index in [9.17, 15) is 0 Å². The number of hydrogen-bond donors (Lipinski definition) is 0. The fourth-order valence-corrected chi connectivity index (χ4v) is 4.66. The van der Waals surface area contributed by atoms with E-state index < -0.39 is 16.4 Å². The summed E-state index contributed by atoms with van der Waals surface area (Å²) in [5, 5.41) is 1.76. The summed E-state index contributed by atoms with van der Waals surface area (Å²) in [6.45, 7) is 17.0. The van der Waals surface area contributed by atoms with Crippen LogP contribution in [0.5, 0.6) is 0 Å². The summed E-state index contributed by atoms with van der Waals surface area (Å²) in [6, 6.07) is 10.8. The van der Waals surface area contributed by atoms with E-state index in [4.69, 9.17) is 4.43 Å². The minimum Gasteiger partial charge on any atom is -0.413 e. The lowest BCUT2D eigenvalue weighted by Crippen LogP contribution is -2.41. The highest BCUT2D eigenvalue weighted by molar-refractivity contribution is 6.93. The highest BCUT2D eigenvalue weighted by Crippen LogP contribution is 2.36. The Balaban J connectivity index is 2.62. The van der Waals surface area contributed by atoms with Crippen LogP contribution in [0.15, 0.2) is 42.1 Å². The molecule has 1 rings (SSSR count). The van der Waals surface area contributed by atoms with Crippen molar-refractivity contribution in [3.8, 4) is 0 Å². The maximum atomic E-state index is 6.20. The predicted molar refractivity (Wildman–Crippen MR) is 95.8 cm³/mol. The summed E-state index contributed by atoms with van der Waals surface area (Å²) in [7, 11) is -3.08. The summed E-state index contributed by atoms with van der Waals surface area (Å²) in [4.78, 5) is 0. The minimum atomic E-state index is -1.62. The first-order chi connectivity index (χ1) is 9.06. The van der Waals surface area contributed by atoms with Crippen LogP contribution in [0.25, 0.3) is 0 Å². The van der Waals surface area contributed by atoms with Crippen molar-refractivity contribution in [1.29, 1.82) is 0 Å². The van der Waals surface area contributed by atoms with Crippen molar-refractivity contribution in [3.05, 3.63) is 42.1 Å². The maximum absolute atomic E-state index is 6.20. The van der Waals surface area contributed by atoms with Crippen molar-refractivity contribution in [1.82, 2.24) is 0 Å². The summed E-state index contributed by atoms with van der Waals surface area (Å²) >= 11 is 0. The average molecular weight is 307 g/mol. The Morgan fingerprint density at radius 2 is 1.55 bits per heavy atom. The molecule has 1 nitrogen and oxygen atoms in total. The van der Waals surface area contributed by atoms with Crippen molar-refractivity contribution >= 4 is 21.6 Å². The normalized spacial score (nSPS) is 13.9. The van der Waals surface area contributed by atoms with Gasteiger partial charge in [0.05, 0.1) is 6.61 Å². The molecule has 0 saturated carbocycles. The molecule has 112 valence electrons. The molecule has 0 bridgehead atoms. The van der Waals surface area contributed by atoms with E-state index in [1.807, 2.05) is 0 Å². The van der Waals surface area contributed by atoms with Gasteiger partial charge in [-0.3, -0.25) is 0 Å². The third-order valence-electron chi connectivity index (χ3n) is 4.40. The zero-order chi connectivity index (χ0) is 15.4. The van der Waals surface area contributed by atoms with Gasteiger partial charge in [0.1, 0.15) is 8.07 Å². The molecule has 0 aromatic heterocycles. The van der Waals surface area contributed by atoms with Crippen LogP contribution in [0.1, 0.15) is 20.8 Å². The Morgan fingerprint density at radius 1 is 1.00 bits per heavy atom. The van der Waals surface area contributed by atoms with E-state index in [1.165, 1.54) is 5.19 Å². The molecule has 3 heteroatoms. The van der Waals surface area contributed by atoms with Crippen LogP contribution in [0.2, 0.25) is 31.2 Å². The summed E-state index contributed by atoms with van der Waals surface area (Å²) < 4.78 is 6.20. The van der Waals surface area contributed by atoms with Crippen LogP contribution in [-0.4, -0.2) is 23.0 Å². The Morgan fingerprint density at radius 3 is 2.05 bits per heavy atom. The topological polar surface area (TPSA) is 9.23 Å². The molecule has 0 N–H and O–H groups in total. The second kappa shape index (κ2) is 6.41. The molecule has 0 spiro atoms. The molecule has 0 radical (unpaired) electrons. The van der Waals surface area contributed by atoms with E-state index in [0.717, 1.165) is 6.61 Å². The van der Waals surface area contributed by atoms with Gasteiger partial charge in [-0.2, -0.15) is 0 Å². The first kappa shape index (κ1) is 17.4. The predicted octanol–water partition coefficient (Wildman–Crippen LogP) is 4.72. The van der Waals surface area contributed by atoms with Gasteiger partial charge in [0.2, 0.25) is 0 Å². The van der Waals surface area contributed by atoms with Gasteiger partial charge in [-0.05, 0) is 18.1 Å². The third-order valence-corrected chi connectivity index (χ3v) is 11.8. The van der Waals surface area contributed by atoms with Gasteiger partial charge in [-0.1, -0.05) is 81.2 Å². The Bertz CT molecular complexity index is 442. The molecule has 0 atom stereocenters. The van der Waals surface area contributed by atoms with Crippen molar-refractivity contribution in [2.75, 3.05) is 6.61 Å². The third kappa shape index (κ3) is 4.72. The van der Waals surface area contributed by atoms with E-state index >= 15 is 0 Å². The van der Waals surface area contributed by atoms with E-state index in [0.29, 0.717) is 0 Å². The molecular weight excluding hydrogens is 276 g/mol. The molecule has 0 amide bonds. The monoisotopic (exact) mass is 306 g/mol. The van der Waals surface area contributed by atoms with Crippen molar-refractivity contribution in [2.45, 2.75) is 52.0 Å². The summed E-state index contributed by atoms with van der Waals surface area (Å²) in [6.07, 6.45) is 2.24. The molecule has 0 heterocycles. The standard InChI is InChI=1S/C17H30OSi2/c1-17(2,3)20(6,7)18-14-11-15-19(4,5)16-12-9-8-10-13-16/h8-13,15H,14H2,1-7H3/b15-11+. The molecule has 0 fully saturated rings. The Kier molecular flexibility index (Phi) is 5.58. The summed E-state index contributed by atoms with van der Waals surface area (Å²) in [5.41, 5.74) is 2.40. The number of benzene rings is 1. The summed E-state index contributed by atoms with van der Waals surface area (Å²) in [5.74, 6) is 0. The maximum Gasteiger partial charge on any atom is 0.192 e. The lowest BCUT2D eigenvalue weighted by molar-refractivity contribution is 0.328. The second-order valence-corrected chi connectivity index (χ2v) is 16.7. The number of hydrogen-bond acceptors (Lipinski definition) is 1. The van der Waals surface area contributed by atoms with Crippen LogP contribution in [0.3, 0.4) is 0 Å². The quantitative estimate of drug-likeness (QED) is 0.715. The zero-order valence-electron chi connectivity index (χ0n) is 14.2. The molecule has 1 aromatic rings. The lowest BCUT2D eigenvalue weighted by Gasteiger charge is -2.35. The van der Waals surface area contributed by atoms with Crippen molar-refractivity contribution in [2.24, 2.45) is 0 Å². The van der Waals surface area contributed by atoms with Gasteiger partial charge in [-0.25, -0.2) is 0 Å². The fourth-order valence-electron chi connectivity index (χ4n) is 1.78. The van der Waals surface area contributed by atoms with Gasteiger partial charge in [0.25, 0.3) is 0 Å². The van der Waals surface area contributed by atoms with Gasteiger partial charge in [0.15, 0.2) is 8.32 Å². The smallest absolute Gasteiger partial charge is 0.192 e. The van der Waals surface area contributed by atoms with Crippen molar-refractivity contribution in [3.63, 3.8) is 0 Å². The van der Waals surface area contributed by atoms with Crippen molar-refractivity contribution < 1.29 is 4.43 Å². The van der Waals surface area contributed by atoms with Gasteiger partial charge < -0.3 is 4.43 Å². The number of rotatable bonds is 5. The first-order valence-corrected chi connectivity index (χ1v) is 13.4. The molecular formula is C17H30OSi2. The largest absolute Gasteiger partial charge is 0.413 e. The Hall–Kier alpha value is -0.646. The van der Waals surface area contributed by atoms with Gasteiger partial charge in [-0.15, -0.1) is 0 Å². The molecule has 0 aliphatic rings. The van der Waals surface area contributed by atoms with Gasteiger partial charge in [0, 0.05) is 0 Å². The second-order valence-electron chi connectivity index (χ2n) is 7.56. The van der Waals surface area contributed by atoms with Crippen LogP contribution in [0, 0.1) is 0 Å². The Labute approximate surface area is 127 Å². The fraction of sp³-hybridized carbons (Fsp3) is 0.529. The van der Waals surface area contributed by atoms with Crippen LogP contribution in [-0.2, 0) is 4.43 Å². The zero-order valence-corrected chi connectivity index (χ0v) is 16.2. The average Bonchev–Trinajstić information content (AvgIpc) is 2.34. The van der Waals surface area contributed by atoms with Crippen LogP contribution in [0.4, 0.5) is 0 Å². The SMILES string of the molecule is CC(C)(C)[Si](C)(C)OC/C=C/[Si](C)(C)c1ccccc1. The molecule has 0 aliphatic heterocycles. The van der Waals surface area contributed by atoms with E-state index in [-0.39, 0.29) is 5.04 Å². The highest BCUT2D eigenvalue weighted by Gasteiger charge is 2.36.